The van der Waals surface area contributed by atoms with E-state index in [1.807, 2.05) is 0 Å². The molecule has 2 rings (SSSR count). The molecule has 0 aliphatic carbocycles. The van der Waals surface area contributed by atoms with Crippen molar-refractivity contribution in [3.63, 3.8) is 0 Å². The van der Waals surface area contributed by atoms with Crippen LogP contribution in [0.3, 0.4) is 0 Å². The van der Waals surface area contributed by atoms with Crippen molar-refractivity contribution in [1.82, 2.24) is 10.2 Å². The molecular formula is C10H14ClN3O. The van der Waals surface area contributed by atoms with Gasteiger partial charge in [-0.3, -0.25) is 4.79 Å². The van der Waals surface area contributed by atoms with E-state index < -0.39 is 0 Å². The van der Waals surface area contributed by atoms with Crippen LogP contribution in [-0.4, -0.2) is 23.3 Å². The molecule has 4 nitrogen and oxygen atoms in total. The van der Waals surface area contributed by atoms with Gasteiger partial charge in [0.1, 0.15) is 5.02 Å². The fourth-order valence-corrected chi connectivity index (χ4v) is 2.21. The number of aromatic nitrogens is 2. The van der Waals surface area contributed by atoms with Crippen molar-refractivity contribution in [1.29, 1.82) is 0 Å². The van der Waals surface area contributed by atoms with Crippen molar-refractivity contribution in [2.45, 2.75) is 19.8 Å². The fourth-order valence-electron chi connectivity index (χ4n) is 2.00. The van der Waals surface area contributed by atoms with E-state index >= 15 is 0 Å². The van der Waals surface area contributed by atoms with Gasteiger partial charge in [0.2, 0.25) is 0 Å². The molecule has 1 aliphatic heterocycles. The van der Waals surface area contributed by atoms with Gasteiger partial charge in [0.05, 0.1) is 11.9 Å². The van der Waals surface area contributed by atoms with Gasteiger partial charge >= 0.3 is 0 Å². The number of H-pyrrole nitrogens is 1. The number of rotatable bonds is 1. The largest absolute Gasteiger partial charge is 0.369 e. The molecule has 2 heterocycles. The minimum absolute atomic E-state index is 0.249. The van der Waals surface area contributed by atoms with Crippen LogP contribution in [-0.2, 0) is 0 Å². The van der Waals surface area contributed by atoms with Gasteiger partial charge in [-0.25, -0.2) is 5.10 Å². The van der Waals surface area contributed by atoms with Gasteiger partial charge in [0.25, 0.3) is 5.56 Å². The Morgan fingerprint density at radius 2 is 2.47 bits per heavy atom. The van der Waals surface area contributed by atoms with E-state index in [1.165, 1.54) is 6.42 Å². The van der Waals surface area contributed by atoms with Gasteiger partial charge < -0.3 is 4.90 Å². The number of nitrogens with one attached hydrogen (secondary N) is 1. The zero-order valence-corrected chi connectivity index (χ0v) is 9.42. The van der Waals surface area contributed by atoms with E-state index in [0.717, 1.165) is 25.2 Å². The molecule has 0 aromatic carbocycles. The third-order valence-electron chi connectivity index (χ3n) is 2.77. The lowest BCUT2D eigenvalue weighted by molar-refractivity contribution is 0.446. The summed E-state index contributed by atoms with van der Waals surface area (Å²) in [5, 5.41) is 6.36. The van der Waals surface area contributed by atoms with Crippen LogP contribution in [0.15, 0.2) is 11.0 Å². The third kappa shape index (κ3) is 2.15. The van der Waals surface area contributed by atoms with E-state index in [0.29, 0.717) is 5.92 Å². The molecule has 0 spiro atoms. The van der Waals surface area contributed by atoms with Gasteiger partial charge in [-0.15, -0.1) is 0 Å². The van der Waals surface area contributed by atoms with Crippen LogP contribution in [0.1, 0.15) is 19.8 Å². The van der Waals surface area contributed by atoms with Crippen molar-refractivity contribution >= 4 is 17.3 Å². The lowest BCUT2D eigenvalue weighted by Gasteiger charge is -2.32. The minimum Gasteiger partial charge on any atom is -0.369 e. The Labute approximate surface area is 93.2 Å². The Hall–Kier alpha value is -1.03. The maximum absolute atomic E-state index is 11.3. The summed E-state index contributed by atoms with van der Waals surface area (Å²) in [6.07, 6.45) is 4.01. The molecule has 1 aromatic heterocycles. The molecule has 15 heavy (non-hydrogen) atoms. The fraction of sp³-hybridized carbons (Fsp3) is 0.600. The van der Waals surface area contributed by atoms with Gasteiger partial charge in [-0.1, -0.05) is 18.5 Å². The normalized spacial score (nSPS) is 21.7. The minimum atomic E-state index is -0.313. The average molecular weight is 228 g/mol. The summed E-state index contributed by atoms with van der Waals surface area (Å²) in [4.78, 5) is 13.4. The Morgan fingerprint density at radius 3 is 3.20 bits per heavy atom. The van der Waals surface area contributed by atoms with Crippen molar-refractivity contribution in [2.24, 2.45) is 5.92 Å². The Morgan fingerprint density at radius 1 is 1.67 bits per heavy atom. The second kappa shape index (κ2) is 4.23. The van der Waals surface area contributed by atoms with E-state index in [9.17, 15) is 4.79 Å². The second-order valence-electron chi connectivity index (χ2n) is 4.09. The number of piperidine rings is 1. The molecule has 1 atom stereocenters. The number of hydrogen-bond acceptors (Lipinski definition) is 3. The predicted octanol–water partition coefficient (Wildman–Crippen LogP) is 1.66. The molecule has 1 N–H and O–H groups in total. The molecular weight excluding hydrogens is 214 g/mol. The predicted molar refractivity (Wildman–Crippen MR) is 60.5 cm³/mol. The number of anilines is 1. The molecule has 0 amide bonds. The summed E-state index contributed by atoms with van der Waals surface area (Å²) < 4.78 is 0. The highest BCUT2D eigenvalue weighted by Gasteiger charge is 2.19. The van der Waals surface area contributed by atoms with Crippen molar-refractivity contribution in [3.05, 3.63) is 21.6 Å². The highest BCUT2D eigenvalue weighted by molar-refractivity contribution is 6.32. The lowest BCUT2D eigenvalue weighted by atomic mass is 10.00. The van der Waals surface area contributed by atoms with E-state index in [-0.39, 0.29) is 10.6 Å². The maximum atomic E-state index is 11.3. The van der Waals surface area contributed by atoms with E-state index in [4.69, 9.17) is 11.6 Å². The standard InChI is InChI=1S/C10H14ClN3O/c1-7-3-2-4-14(6-7)8-5-12-13-10(15)9(8)11/h5,7H,2-4,6H2,1H3,(H,13,15). The first-order valence-corrected chi connectivity index (χ1v) is 5.54. The molecule has 0 bridgehead atoms. The van der Waals surface area contributed by atoms with Gasteiger partial charge in [0.15, 0.2) is 0 Å². The van der Waals surface area contributed by atoms with Crippen molar-refractivity contribution < 1.29 is 0 Å². The summed E-state index contributed by atoms with van der Waals surface area (Å²) >= 11 is 5.95. The SMILES string of the molecule is CC1CCCN(c2cn[nH]c(=O)c2Cl)C1. The van der Waals surface area contributed by atoms with Crippen molar-refractivity contribution in [2.75, 3.05) is 18.0 Å². The van der Waals surface area contributed by atoms with Gasteiger partial charge in [-0.2, -0.15) is 5.10 Å². The topological polar surface area (TPSA) is 49.0 Å². The second-order valence-corrected chi connectivity index (χ2v) is 4.47. The summed E-state index contributed by atoms with van der Waals surface area (Å²) in [6, 6.07) is 0. The van der Waals surface area contributed by atoms with Crippen LogP contribution in [0.2, 0.25) is 5.02 Å². The van der Waals surface area contributed by atoms with Gasteiger partial charge in [-0.05, 0) is 18.8 Å². The van der Waals surface area contributed by atoms with Crippen LogP contribution in [0, 0.1) is 5.92 Å². The third-order valence-corrected chi connectivity index (χ3v) is 3.14. The zero-order chi connectivity index (χ0) is 10.8. The highest BCUT2D eigenvalue weighted by Crippen LogP contribution is 2.25. The smallest absolute Gasteiger partial charge is 0.285 e. The zero-order valence-electron chi connectivity index (χ0n) is 8.66. The summed E-state index contributed by atoms with van der Waals surface area (Å²) in [5.41, 5.74) is 0.444. The highest BCUT2D eigenvalue weighted by atomic mass is 35.5. The summed E-state index contributed by atoms with van der Waals surface area (Å²) in [5.74, 6) is 0.647. The van der Waals surface area contributed by atoms with E-state index in [2.05, 4.69) is 22.0 Å². The Kier molecular flexibility index (Phi) is 2.95. The number of halogens is 1. The molecule has 1 saturated heterocycles. The molecule has 82 valence electrons. The molecule has 1 aromatic rings. The number of hydrogen-bond donors (Lipinski definition) is 1. The molecule has 1 aliphatic rings. The van der Waals surface area contributed by atoms with Crippen LogP contribution < -0.4 is 10.5 Å². The van der Waals surface area contributed by atoms with Crippen molar-refractivity contribution in [3.8, 4) is 0 Å². The van der Waals surface area contributed by atoms with E-state index in [1.54, 1.807) is 6.20 Å². The number of nitrogens with zero attached hydrogens (tertiary/aromatic N) is 2. The first-order chi connectivity index (χ1) is 7.18. The summed E-state index contributed by atoms with van der Waals surface area (Å²) in [6.45, 7) is 4.11. The quantitative estimate of drug-likeness (QED) is 0.794. The van der Waals surface area contributed by atoms with Crippen LogP contribution in [0.5, 0.6) is 0 Å². The number of aromatic amines is 1. The Bertz CT molecular complexity index is 404. The molecule has 5 heteroatoms. The molecule has 1 unspecified atom stereocenters. The average Bonchev–Trinajstić information content (AvgIpc) is 2.22. The van der Waals surface area contributed by atoms with Crippen LogP contribution in [0.25, 0.3) is 0 Å². The lowest BCUT2D eigenvalue weighted by Crippen LogP contribution is -2.35. The van der Waals surface area contributed by atoms with Crippen LogP contribution in [0.4, 0.5) is 5.69 Å². The first-order valence-electron chi connectivity index (χ1n) is 5.16. The maximum Gasteiger partial charge on any atom is 0.285 e. The monoisotopic (exact) mass is 227 g/mol. The summed E-state index contributed by atoms with van der Waals surface area (Å²) in [7, 11) is 0. The Balaban J connectivity index is 2.28. The molecule has 0 radical (unpaired) electrons. The molecule has 0 saturated carbocycles. The molecule has 1 fully saturated rings. The van der Waals surface area contributed by atoms with Gasteiger partial charge in [0, 0.05) is 13.1 Å². The van der Waals surface area contributed by atoms with Crippen LogP contribution >= 0.6 is 11.6 Å². The first kappa shape index (κ1) is 10.5.